The summed E-state index contributed by atoms with van der Waals surface area (Å²) in [6.45, 7) is 4.76. The van der Waals surface area contributed by atoms with Crippen molar-refractivity contribution in [3.05, 3.63) is 191 Å². The summed E-state index contributed by atoms with van der Waals surface area (Å²) in [5, 5.41) is 6.77. The van der Waals surface area contributed by atoms with Crippen molar-refractivity contribution in [3.63, 3.8) is 0 Å². The van der Waals surface area contributed by atoms with Crippen LogP contribution in [0.1, 0.15) is 54.3 Å². The molecule has 61 heavy (non-hydrogen) atoms. The van der Waals surface area contributed by atoms with E-state index in [0.717, 1.165) is 30.6 Å². The fraction of sp³-hybridized carbons (Fsp3) is 0.123. The maximum absolute atomic E-state index is 2.60. The molecule has 292 valence electrons. The Bertz CT molecular complexity index is 3550. The largest absolute Gasteiger partial charge is 0.333 e. The summed E-state index contributed by atoms with van der Waals surface area (Å²) >= 11 is 3.87. The Morgan fingerprint density at radius 3 is 2.26 bits per heavy atom. The van der Waals surface area contributed by atoms with Crippen molar-refractivity contribution in [1.29, 1.82) is 0 Å². The van der Waals surface area contributed by atoms with Gasteiger partial charge in [-0.15, -0.1) is 22.7 Å². The molecule has 0 spiro atoms. The third-order valence-electron chi connectivity index (χ3n) is 13.8. The molecule has 3 aliphatic carbocycles. The summed E-state index contributed by atoms with van der Waals surface area (Å²) in [5.41, 5.74) is 15.4. The molecule has 10 aromatic rings. The van der Waals surface area contributed by atoms with E-state index in [0.29, 0.717) is 0 Å². The molecule has 0 aliphatic heterocycles. The van der Waals surface area contributed by atoms with E-state index in [1.807, 2.05) is 22.7 Å². The van der Waals surface area contributed by atoms with Crippen LogP contribution in [0.25, 0.3) is 80.4 Å². The van der Waals surface area contributed by atoms with Gasteiger partial charge in [0, 0.05) is 68.5 Å². The minimum atomic E-state index is -0.113. The van der Waals surface area contributed by atoms with Crippen LogP contribution in [0.3, 0.4) is 0 Å². The number of nitrogens with zero attached hydrogens (tertiary/aromatic N) is 2. The third-order valence-corrected chi connectivity index (χ3v) is 16.2. The lowest BCUT2D eigenvalue weighted by atomic mass is 9.82. The topological polar surface area (TPSA) is 8.17 Å². The molecule has 0 fully saturated rings. The first-order valence-corrected chi connectivity index (χ1v) is 23.2. The molecule has 0 saturated carbocycles. The molecule has 0 amide bonds. The summed E-state index contributed by atoms with van der Waals surface area (Å²) < 4.78 is 6.69. The fourth-order valence-electron chi connectivity index (χ4n) is 10.9. The Kier molecular flexibility index (Phi) is 7.68. The average molecular weight is 819 g/mol. The van der Waals surface area contributed by atoms with Crippen LogP contribution >= 0.6 is 22.7 Å². The second kappa shape index (κ2) is 13.3. The van der Waals surface area contributed by atoms with Crippen molar-refractivity contribution >= 4 is 97.9 Å². The number of fused-ring (bicyclic) bond motifs is 13. The molecule has 3 aliphatic rings. The summed E-state index contributed by atoms with van der Waals surface area (Å²) in [4.78, 5) is 3.92. The number of aryl methyl sites for hydroxylation is 1. The van der Waals surface area contributed by atoms with Crippen LogP contribution < -0.4 is 4.90 Å². The van der Waals surface area contributed by atoms with Gasteiger partial charge in [-0.1, -0.05) is 129 Å². The standard InChI is InChI=1S/C57H42N2S2/c1-57(2)48-20-9-6-15-41(48)42-29-27-39(34-49(42)57)58(37-25-23-35(24-26-37)40-18-12-19-45-43-16-7-10-21-52(43)60-55(40)45)38-28-31-50-47(33-38)54-51(59(50)36-13-4-3-5-14-36)32-30-46-44-17-8-11-22-53(44)61-56(46)54/h3-7,9-13,15-16,18-34,36H,8,14,17H2,1-2H3. The van der Waals surface area contributed by atoms with Gasteiger partial charge in [-0.2, -0.15) is 0 Å². The van der Waals surface area contributed by atoms with Gasteiger partial charge in [0.1, 0.15) is 0 Å². The van der Waals surface area contributed by atoms with Crippen LogP contribution in [0, 0.1) is 0 Å². The van der Waals surface area contributed by atoms with Gasteiger partial charge in [0.15, 0.2) is 0 Å². The van der Waals surface area contributed by atoms with Crippen LogP contribution in [-0.4, -0.2) is 4.57 Å². The maximum Gasteiger partial charge on any atom is 0.0560 e. The molecule has 0 N–H and O–H groups in total. The molecule has 0 radical (unpaired) electrons. The zero-order valence-corrected chi connectivity index (χ0v) is 35.8. The van der Waals surface area contributed by atoms with Gasteiger partial charge in [-0.25, -0.2) is 0 Å². The highest BCUT2D eigenvalue weighted by atomic mass is 32.1. The predicted octanol–water partition coefficient (Wildman–Crippen LogP) is 16.8. The van der Waals surface area contributed by atoms with E-state index < -0.39 is 0 Å². The average Bonchev–Trinajstić information content (AvgIpc) is 4.04. The lowest BCUT2D eigenvalue weighted by Gasteiger charge is -2.28. The lowest BCUT2D eigenvalue weighted by molar-refractivity contribution is 0.648. The fourth-order valence-corrected chi connectivity index (χ4v) is 13.4. The first kappa shape index (κ1) is 35.3. The Morgan fingerprint density at radius 2 is 1.36 bits per heavy atom. The molecule has 1 unspecified atom stereocenters. The summed E-state index contributed by atoms with van der Waals surface area (Å²) in [5.74, 6) is 0. The molecule has 4 heteroatoms. The van der Waals surface area contributed by atoms with Gasteiger partial charge in [0.25, 0.3) is 0 Å². The van der Waals surface area contributed by atoms with Crippen molar-refractivity contribution in [2.24, 2.45) is 0 Å². The molecular formula is C57H42N2S2. The lowest BCUT2D eigenvalue weighted by Crippen LogP contribution is -2.16. The SMILES string of the molecule is CC1(C)c2ccccc2-c2ccc(N(c3ccc(-c4cccc5c4sc4ccccc45)cc3)c3ccc4c(c3)c3c5sc6c(c5ccc3n4C3C=CC=CC3)CCC=C6)cc21. The smallest absolute Gasteiger partial charge is 0.0560 e. The maximum atomic E-state index is 2.60. The minimum absolute atomic E-state index is 0.113. The van der Waals surface area contributed by atoms with Crippen molar-refractivity contribution in [3.8, 4) is 22.3 Å². The quantitative estimate of drug-likeness (QED) is 0.168. The zero-order chi connectivity index (χ0) is 40.4. The van der Waals surface area contributed by atoms with Crippen LogP contribution in [-0.2, 0) is 11.8 Å². The molecule has 1 atom stereocenters. The van der Waals surface area contributed by atoms with Crippen molar-refractivity contribution < 1.29 is 0 Å². The molecule has 7 aromatic carbocycles. The first-order chi connectivity index (χ1) is 30.0. The molecule has 3 heterocycles. The van der Waals surface area contributed by atoms with Crippen molar-refractivity contribution in [2.75, 3.05) is 4.90 Å². The van der Waals surface area contributed by atoms with Gasteiger partial charge in [-0.3, -0.25) is 0 Å². The van der Waals surface area contributed by atoms with Gasteiger partial charge in [0.05, 0.1) is 11.6 Å². The summed E-state index contributed by atoms with van der Waals surface area (Å²) in [7, 11) is 0. The van der Waals surface area contributed by atoms with Crippen LogP contribution in [0.4, 0.5) is 17.1 Å². The van der Waals surface area contributed by atoms with Gasteiger partial charge < -0.3 is 9.47 Å². The number of hydrogen-bond acceptors (Lipinski definition) is 3. The van der Waals surface area contributed by atoms with Crippen LogP contribution in [0.15, 0.2) is 170 Å². The Labute approximate surface area is 363 Å². The second-order valence-electron chi connectivity index (χ2n) is 17.5. The Hall–Kier alpha value is -6.46. The molecular weight excluding hydrogens is 777 g/mol. The van der Waals surface area contributed by atoms with E-state index in [-0.39, 0.29) is 11.5 Å². The van der Waals surface area contributed by atoms with E-state index in [2.05, 4.69) is 199 Å². The number of anilines is 3. The number of rotatable bonds is 5. The van der Waals surface area contributed by atoms with Gasteiger partial charge in [-0.05, 0) is 124 Å². The number of benzene rings is 7. The van der Waals surface area contributed by atoms with E-state index in [1.54, 1.807) is 0 Å². The van der Waals surface area contributed by atoms with E-state index in [1.165, 1.54) is 102 Å². The van der Waals surface area contributed by atoms with E-state index in [4.69, 9.17) is 0 Å². The zero-order valence-electron chi connectivity index (χ0n) is 34.2. The third kappa shape index (κ3) is 5.19. The molecule has 3 aromatic heterocycles. The highest BCUT2D eigenvalue weighted by Crippen LogP contribution is 2.52. The van der Waals surface area contributed by atoms with Crippen LogP contribution in [0.2, 0.25) is 0 Å². The van der Waals surface area contributed by atoms with Gasteiger partial charge in [0.2, 0.25) is 0 Å². The van der Waals surface area contributed by atoms with E-state index >= 15 is 0 Å². The minimum Gasteiger partial charge on any atom is -0.333 e. The number of hydrogen-bond donors (Lipinski definition) is 0. The number of aromatic nitrogens is 1. The number of thiophene rings is 2. The van der Waals surface area contributed by atoms with Crippen molar-refractivity contribution in [1.82, 2.24) is 4.57 Å². The Balaban J connectivity index is 1.03. The highest BCUT2D eigenvalue weighted by Gasteiger charge is 2.36. The van der Waals surface area contributed by atoms with E-state index in [9.17, 15) is 0 Å². The van der Waals surface area contributed by atoms with Crippen LogP contribution in [0.5, 0.6) is 0 Å². The molecule has 13 rings (SSSR count). The second-order valence-corrected chi connectivity index (χ2v) is 19.6. The summed E-state index contributed by atoms with van der Waals surface area (Å²) in [6, 6.07) is 53.3. The molecule has 0 bridgehead atoms. The first-order valence-electron chi connectivity index (χ1n) is 21.6. The Morgan fingerprint density at radius 1 is 0.590 bits per heavy atom. The number of allylic oxidation sites excluding steroid dienone is 5. The normalized spacial score (nSPS) is 16.3. The monoisotopic (exact) mass is 818 g/mol. The molecule has 0 saturated heterocycles. The van der Waals surface area contributed by atoms with Gasteiger partial charge >= 0.3 is 0 Å². The predicted molar refractivity (Wildman–Crippen MR) is 265 cm³/mol. The van der Waals surface area contributed by atoms with Crippen molar-refractivity contribution in [2.45, 2.75) is 44.6 Å². The molecule has 2 nitrogen and oxygen atoms in total. The highest BCUT2D eigenvalue weighted by molar-refractivity contribution is 7.26. The summed E-state index contributed by atoms with van der Waals surface area (Å²) in [6.07, 6.45) is 17.0.